The minimum absolute atomic E-state index is 0.0557. The summed E-state index contributed by atoms with van der Waals surface area (Å²) >= 11 is 0. The van der Waals surface area contributed by atoms with Gasteiger partial charge in [-0.3, -0.25) is 19.3 Å². The Morgan fingerprint density at radius 2 is 1.77 bits per heavy atom. The van der Waals surface area contributed by atoms with Crippen LogP contribution in [0.3, 0.4) is 0 Å². The van der Waals surface area contributed by atoms with Crippen LogP contribution in [0, 0.1) is 0 Å². The number of morpholine rings is 1. The van der Waals surface area contributed by atoms with Gasteiger partial charge in [-0.05, 0) is 26.0 Å². The number of carbonyl (C=O) groups is 3. The standard InChI is InChI=1S/C16H18N2O4/c1-10-11(2)22-8-7-17(10)14(19)9-18-15(20)12-5-3-4-6-13(12)16(18)21/h3-6,10-11H,7-9H2,1-2H3. The fourth-order valence-corrected chi connectivity index (χ4v) is 2.89. The van der Waals surface area contributed by atoms with Crippen LogP contribution in [0.2, 0.25) is 0 Å². The molecule has 2 unspecified atom stereocenters. The number of nitrogens with zero attached hydrogens (tertiary/aromatic N) is 2. The molecule has 2 atom stereocenters. The molecule has 2 aliphatic heterocycles. The van der Waals surface area contributed by atoms with Crippen LogP contribution in [0.15, 0.2) is 24.3 Å². The highest BCUT2D eigenvalue weighted by Crippen LogP contribution is 2.23. The van der Waals surface area contributed by atoms with E-state index >= 15 is 0 Å². The third-order valence-corrected chi connectivity index (χ3v) is 4.38. The first kappa shape index (κ1) is 14.7. The number of imide groups is 1. The summed E-state index contributed by atoms with van der Waals surface area (Å²) in [5.74, 6) is -1.03. The molecule has 1 aromatic rings. The van der Waals surface area contributed by atoms with E-state index in [4.69, 9.17) is 4.74 Å². The summed E-state index contributed by atoms with van der Waals surface area (Å²) in [6.07, 6.45) is -0.0557. The second-order valence-electron chi connectivity index (χ2n) is 5.65. The van der Waals surface area contributed by atoms with E-state index in [0.29, 0.717) is 24.3 Å². The molecule has 0 radical (unpaired) electrons. The molecule has 2 aliphatic rings. The Hall–Kier alpha value is -2.21. The van der Waals surface area contributed by atoms with Crippen molar-refractivity contribution in [1.82, 2.24) is 9.80 Å². The molecule has 1 aromatic carbocycles. The molecule has 22 heavy (non-hydrogen) atoms. The highest BCUT2D eigenvalue weighted by molar-refractivity contribution is 6.22. The first-order valence-corrected chi connectivity index (χ1v) is 7.37. The summed E-state index contributed by atoms with van der Waals surface area (Å²) in [7, 11) is 0. The molecular formula is C16H18N2O4. The lowest BCUT2D eigenvalue weighted by atomic mass is 10.1. The van der Waals surface area contributed by atoms with Crippen molar-refractivity contribution in [2.24, 2.45) is 0 Å². The monoisotopic (exact) mass is 302 g/mol. The van der Waals surface area contributed by atoms with E-state index in [9.17, 15) is 14.4 Å². The number of ether oxygens (including phenoxy) is 1. The van der Waals surface area contributed by atoms with Gasteiger partial charge in [0.1, 0.15) is 6.54 Å². The van der Waals surface area contributed by atoms with Crippen molar-refractivity contribution >= 4 is 17.7 Å². The number of fused-ring (bicyclic) bond motifs is 1. The van der Waals surface area contributed by atoms with Gasteiger partial charge in [0, 0.05) is 6.54 Å². The van der Waals surface area contributed by atoms with E-state index in [-0.39, 0.29) is 24.6 Å². The molecule has 0 N–H and O–H groups in total. The topological polar surface area (TPSA) is 66.9 Å². The Morgan fingerprint density at radius 3 is 2.36 bits per heavy atom. The van der Waals surface area contributed by atoms with Gasteiger partial charge in [-0.15, -0.1) is 0 Å². The molecule has 0 aliphatic carbocycles. The third kappa shape index (κ3) is 2.29. The van der Waals surface area contributed by atoms with Crippen LogP contribution in [0.5, 0.6) is 0 Å². The Kier molecular flexibility index (Phi) is 3.70. The second kappa shape index (κ2) is 5.53. The van der Waals surface area contributed by atoms with Crippen molar-refractivity contribution < 1.29 is 19.1 Å². The molecule has 2 heterocycles. The SMILES string of the molecule is CC1OCCN(C(=O)CN2C(=O)c3ccccc3C2=O)C1C. The highest BCUT2D eigenvalue weighted by Gasteiger charge is 2.38. The van der Waals surface area contributed by atoms with E-state index in [2.05, 4.69) is 0 Å². The van der Waals surface area contributed by atoms with Gasteiger partial charge in [0.2, 0.25) is 5.91 Å². The zero-order valence-electron chi connectivity index (χ0n) is 12.6. The number of amides is 3. The maximum atomic E-state index is 12.5. The number of benzene rings is 1. The normalized spacial score (nSPS) is 24.6. The minimum atomic E-state index is -0.400. The van der Waals surface area contributed by atoms with E-state index < -0.39 is 11.8 Å². The zero-order chi connectivity index (χ0) is 15.9. The lowest BCUT2D eigenvalue weighted by molar-refractivity contribution is -0.144. The largest absolute Gasteiger partial charge is 0.375 e. The summed E-state index contributed by atoms with van der Waals surface area (Å²) in [5.41, 5.74) is 0.729. The molecule has 0 aromatic heterocycles. The fraction of sp³-hybridized carbons (Fsp3) is 0.438. The Labute approximate surface area is 128 Å². The van der Waals surface area contributed by atoms with E-state index in [1.54, 1.807) is 29.2 Å². The van der Waals surface area contributed by atoms with Gasteiger partial charge in [-0.25, -0.2) is 0 Å². The van der Waals surface area contributed by atoms with Crippen molar-refractivity contribution in [2.45, 2.75) is 26.0 Å². The van der Waals surface area contributed by atoms with Crippen LogP contribution in [0.1, 0.15) is 34.6 Å². The average Bonchev–Trinajstić information content (AvgIpc) is 2.75. The predicted octanol–water partition coefficient (Wildman–Crippen LogP) is 0.918. The molecule has 6 heteroatoms. The molecule has 1 fully saturated rings. The highest BCUT2D eigenvalue weighted by atomic mass is 16.5. The Bertz CT molecular complexity index is 608. The smallest absolute Gasteiger partial charge is 0.262 e. The van der Waals surface area contributed by atoms with Gasteiger partial charge >= 0.3 is 0 Å². The third-order valence-electron chi connectivity index (χ3n) is 4.38. The molecule has 0 saturated carbocycles. The van der Waals surface area contributed by atoms with Crippen molar-refractivity contribution in [1.29, 1.82) is 0 Å². The van der Waals surface area contributed by atoms with Crippen LogP contribution >= 0.6 is 0 Å². The van der Waals surface area contributed by atoms with Gasteiger partial charge in [0.05, 0.1) is 29.9 Å². The van der Waals surface area contributed by atoms with Crippen LogP contribution in [0.25, 0.3) is 0 Å². The maximum absolute atomic E-state index is 12.5. The van der Waals surface area contributed by atoms with Gasteiger partial charge in [-0.2, -0.15) is 0 Å². The van der Waals surface area contributed by atoms with Crippen LogP contribution in [-0.2, 0) is 9.53 Å². The van der Waals surface area contributed by atoms with Crippen molar-refractivity contribution in [3.05, 3.63) is 35.4 Å². The second-order valence-corrected chi connectivity index (χ2v) is 5.65. The number of hydrogen-bond acceptors (Lipinski definition) is 4. The van der Waals surface area contributed by atoms with Crippen molar-refractivity contribution in [3.8, 4) is 0 Å². The van der Waals surface area contributed by atoms with E-state index in [1.165, 1.54) is 0 Å². The minimum Gasteiger partial charge on any atom is -0.375 e. The van der Waals surface area contributed by atoms with Crippen molar-refractivity contribution in [2.75, 3.05) is 19.7 Å². The van der Waals surface area contributed by atoms with Gasteiger partial charge in [-0.1, -0.05) is 12.1 Å². The van der Waals surface area contributed by atoms with Crippen LogP contribution in [0.4, 0.5) is 0 Å². The first-order chi connectivity index (χ1) is 10.5. The fourth-order valence-electron chi connectivity index (χ4n) is 2.89. The number of carbonyl (C=O) groups excluding carboxylic acids is 3. The molecule has 6 nitrogen and oxygen atoms in total. The molecule has 0 spiro atoms. The Balaban J connectivity index is 1.76. The van der Waals surface area contributed by atoms with Crippen molar-refractivity contribution in [3.63, 3.8) is 0 Å². The molecular weight excluding hydrogens is 284 g/mol. The van der Waals surface area contributed by atoms with Gasteiger partial charge < -0.3 is 9.64 Å². The van der Waals surface area contributed by atoms with Crippen LogP contribution in [-0.4, -0.2) is 59.4 Å². The number of rotatable bonds is 2. The van der Waals surface area contributed by atoms with E-state index in [0.717, 1.165) is 4.90 Å². The Morgan fingerprint density at radius 1 is 1.18 bits per heavy atom. The quantitative estimate of drug-likeness (QED) is 0.762. The summed E-state index contributed by atoms with van der Waals surface area (Å²) in [6.45, 7) is 4.55. The van der Waals surface area contributed by atoms with Gasteiger partial charge in [0.25, 0.3) is 11.8 Å². The lowest BCUT2D eigenvalue weighted by Crippen LogP contribution is -2.54. The van der Waals surface area contributed by atoms with E-state index in [1.807, 2.05) is 13.8 Å². The molecule has 0 bridgehead atoms. The predicted molar refractivity (Wildman–Crippen MR) is 78.4 cm³/mol. The summed E-state index contributed by atoms with van der Waals surface area (Å²) in [5, 5.41) is 0. The molecule has 1 saturated heterocycles. The average molecular weight is 302 g/mol. The summed E-state index contributed by atoms with van der Waals surface area (Å²) in [6, 6.07) is 6.57. The lowest BCUT2D eigenvalue weighted by Gasteiger charge is -2.38. The maximum Gasteiger partial charge on any atom is 0.262 e. The summed E-state index contributed by atoms with van der Waals surface area (Å²) in [4.78, 5) is 39.7. The molecule has 3 amide bonds. The summed E-state index contributed by atoms with van der Waals surface area (Å²) < 4.78 is 5.49. The zero-order valence-corrected chi connectivity index (χ0v) is 12.6. The molecule has 3 rings (SSSR count). The molecule has 116 valence electrons. The van der Waals surface area contributed by atoms with Gasteiger partial charge in [0.15, 0.2) is 0 Å². The first-order valence-electron chi connectivity index (χ1n) is 7.37. The van der Waals surface area contributed by atoms with Crippen LogP contribution < -0.4 is 0 Å². The number of hydrogen-bond donors (Lipinski definition) is 0.